The summed E-state index contributed by atoms with van der Waals surface area (Å²) in [4.78, 5) is 13.1. The number of hydrogen-bond acceptors (Lipinski definition) is 12. The Bertz CT molecular complexity index is 972. The molecule has 194 valence electrons. The standard InChI is InChI=1S/C22H34N4O6PS2/c1-11-25-17-14(9-24-18(17)21(23)26-11)16-15-8-22(15,20(29)19(16)28)10-33(30)32-5-7-35-13(3)31-4-6-34-12(2)27/h9,12-16,19-20,27-29H,4-8,10H2,1-3H3,(H2,23,25,26)/q+1/t12?,13?,14?,15-,16-,19+,20+,22-/m1/s1. The van der Waals surface area contributed by atoms with Gasteiger partial charge in [0.1, 0.15) is 23.6 Å². The maximum atomic E-state index is 12.7. The van der Waals surface area contributed by atoms with E-state index >= 15 is 0 Å². The molecule has 1 aliphatic heterocycles. The molecule has 3 aliphatic rings. The third kappa shape index (κ3) is 5.85. The van der Waals surface area contributed by atoms with Crippen molar-refractivity contribution in [2.75, 3.05) is 36.6 Å². The molecule has 1 aromatic rings. The van der Waals surface area contributed by atoms with E-state index in [4.69, 9.17) is 15.0 Å². The Morgan fingerprint density at radius 1 is 1.26 bits per heavy atom. The molecule has 1 aromatic heterocycles. The van der Waals surface area contributed by atoms with Crippen molar-refractivity contribution in [3.05, 3.63) is 11.5 Å². The van der Waals surface area contributed by atoms with Crippen molar-refractivity contribution in [2.45, 2.75) is 56.2 Å². The normalized spacial score (nSPS) is 32.9. The van der Waals surface area contributed by atoms with Gasteiger partial charge in [-0.05, 0) is 37.7 Å². The molecule has 4 rings (SSSR count). The van der Waals surface area contributed by atoms with Crippen molar-refractivity contribution < 1.29 is 29.1 Å². The van der Waals surface area contributed by atoms with Crippen molar-refractivity contribution in [1.82, 2.24) is 9.97 Å². The Kier molecular flexibility index (Phi) is 8.75. The molecular formula is C22H34N4O6PS2+. The minimum atomic E-state index is -1.98. The second-order valence-corrected chi connectivity index (χ2v) is 13.4. The Morgan fingerprint density at radius 2 is 2.00 bits per heavy atom. The van der Waals surface area contributed by atoms with Crippen LogP contribution in [0.4, 0.5) is 11.5 Å². The lowest BCUT2D eigenvalue weighted by molar-refractivity contribution is -0.0178. The molecule has 2 fully saturated rings. The average Bonchev–Trinajstić information content (AvgIpc) is 3.26. The fourth-order valence-electron chi connectivity index (χ4n) is 5.34. The van der Waals surface area contributed by atoms with Crippen LogP contribution >= 0.6 is 31.6 Å². The van der Waals surface area contributed by atoms with Crippen molar-refractivity contribution in [2.24, 2.45) is 22.2 Å². The number of aliphatic hydroxyl groups excluding tert-OH is 3. The van der Waals surface area contributed by atoms with Crippen LogP contribution in [0.5, 0.6) is 0 Å². The second-order valence-electron chi connectivity index (χ2n) is 9.35. The van der Waals surface area contributed by atoms with Gasteiger partial charge >= 0.3 is 8.03 Å². The van der Waals surface area contributed by atoms with Gasteiger partial charge in [0.2, 0.25) is 0 Å². The van der Waals surface area contributed by atoms with Gasteiger partial charge in [0, 0.05) is 35.0 Å². The smallest absolute Gasteiger partial charge is 0.390 e. The highest BCUT2D eigenvalue weighted by molar-refractivity contribution is 8.00. The summed E-state index contributed by atoms with van der Waals surface area (Å²) in [5, 5.41) is 31.0. The maximum absolute atomic E-state index is 12.7. The molecule has 10 nitrogen and oxygen atoms in total. The summed E-state index contributed by atoms with van der Waals surface area (Å²) in [6.45, 7) is 6.31. The van der Waals surface area contributed by atoms with E-state index in [1.807, 2.05) is 6.92 Å². The Labute approximate surface area is 214 Å². The first-order valence-corrected chi connectivity index (χ1v) is 15.2. The third-order valence-corrected chi connectivity index (χ3v) is 10.2. The SMILES string of the molecule is Cc1nc(N)c2c(n1)C([C@H]1[C@H](O)[C@H](O)[C@@]3(C[P+](=O)OCCSC(C)OCCSC(C)O)C[C@H]13)C=N2. The summed E-state index contributed by atoms with van der Waals surface area (Å²) in [7, 11) is -1.98. The number of nitrogens with zero attached hydrogens (tertiary/aromatic N) is 3. The van der Waals surface area contributed by atoms with Gasteiger partial charge < -0.3 is 25.8 Å². The zero-order chi connectivity index (χ0) is 25.3. The number of aliphatic imine (C=N–C) groups is 1. The summed E-state index contributed by atoms with van der Waals surface area (Å²) in [5.74, 6) is 1.69. The fraction of sp³-hybridized carbons (Fsp3) is 0.773. The quantitative estimate of drug-likeness (QED) is 0.164. The molecule has 0 aromatic carbocycles. The maximum Gasteiger partial charge on any atom is 0.508 e. The van der Waals surface area contributed by atoms with Crippen LogP contribution < -0.4 is 5.73 Å². The van der Waals surface area contributed by atoms with Crippen LogP contribution in [-0.2, 0) is 13.8 Å². The van der Waals surface area contributed by atoms with Crippen LogP contribution in [0.15, 0.2) is 4.99 Å². The fourth-order valence-corrected chi connectivity index (χ4v) is 8.12. The average molecular weight is 546 g/mol. The van der Waals surface area contributed by atoms with E-state index < -0.39 is 31.1 Å². The van der Waals surface area contributed by atoms with Crippen molar-refractivity contribution in [3.8, 4) is 0 Å². The van der Waals surface area contributed by atoms with Crippen LogP contribution in [0.2, 0.25) is 0 Å². The van der Waals surface area contributed by atoms with Crippen LogP contribution in [-0.4, -0.2) is 85.5 Å². The summed E-state index contributed by atoms with van der Waals surface area (Å²) < 4.78 is 24.0. The van der Waals surface area contributed by atoms with E-state index in [0.717, 1.165) is 5.75 Å². The van der Waals surface area contributed by atoms with Crippen LogP contribution in [0, 0.1) is 24.2 Å². The van der Waals surface area contributed by atoms with E-state index in [-0.39, 0.29) is 29.4 Å². The molecule has 5 N–H and O–H groups in total. The number of ether oxygens (including phenoxy) is 1. The predicted molar refractivity (Wildman–Crippen MR) is 139 cm³/mol. The van der Waals surface area contributed by atoms with Crippen LogP contribution in [0.3, 0.4) is 0 Å². The number of nitrogens with two attached hydrogens (primary N) is 1. The Hall–Kier alpha value is -0.850. The minimum absolute atomic E-state index is 0.0104. The molecule has 2 saturated carbocycles. The lowest BCUT2D eigenvalue weighted by Crippen LogP contribution is -2.36. The number of aliphatic hydroxyl groups is 3. The van der Waals surface area contributed by atoms with E-state index in [9.17, 15) is 19.9 Å². The van der Waals surface area contributed by atoms with Gasteiger partial charge in [0.05, 0.1) is 29.9 Å². The van der Waals surface area contributed by atoms with Gasteiger partial charge in [-0.3, -0.25) is 4.99 Å². The largest absolute Gasteiger partial charge is 0.508 e. The molecule has 13 heteroatoms. The molecule has 2 aliphatic carbocycles. The molecule has 0 saturated heterocycles. The number of rotatable bonds is 13. The van der Waals surface area contributed by atoms with E-state index in [1.54, 1.807) is 31.8 Å². The molecule has 0 bridgehead atoms. The van der Waals surface area contributed by atoms with Gasteiger partial charge in [0.15, 0.2) is 12.0 Å². The number of nitrogen functional groups attached to an aromatic ring is 1. The zero-order valence-corrected chi connectivity index (χ0v) is 22.6. The highest BCUT2D eigenvalue weighted by Crippen LogP contribution is 2.71. The Morgan fingerprint density at radius 3 is 2.74 bits per heavy atom. The topological polar surface area (TPSA) is 160 Å². The molecule has 0 amide bonds. The van der Waals surface area contributed by atoms with Gasteiger partial charge in [0.25, 0.3) is 0 Å². The van der Waals surface area contributed by atoms with Crippen molar-refractivity contribution >= 4 is 49.3 Å². The summed E-state index contributed by atoms with van der Waals surface area (Å²) in [6, 6.07) is 0. The van der Waals surface area contributed by atoms with Gasteiger partial charge in [-0.2, -0.15) is 0 Å². The van der Waals surface area contributed by atoms with Gasteiger partial charge in [-0.15, -0.1) is 28.0 Å². The molecule has 9 atom stereocenters. The highest BCUT2D eigenvalue weighted by atomic mass is 32.2. The predicted octanol–water partition coefficient (Wildman–Crippen LogP) is 2.45. The summed E-state index contributed by atoms with van der Waals surface area (Å²) in [5.41, 5.74) is 6.19. The lowest BCUT2D eigenvalue weighted by Gasteiger charge is -2.25. The monoisotopic (exact) mass is 545 g/mol. The summed E-state index contributed by atoms with van der Waals surface area (Å²) >= 11 is 3.00. The lowest BCUT2D eigenvalue weighted by atomic mass is 9.84. The third-order valence-electron chi connectivity index (χ3n) is 6.98. The first kappa shape index (κ1) is 27.2. The van der Waals surface area contributed by atoms with Gasteiger partial charge in [-0.1, -0.05) is 0 Å². The minimum Gasteiger partial charge on any atom is -0.390 e. The number of hydrogen-bond donors (Lipinski definition) is 4. The first-order valence-electron chi connectivity index (χ1n) is 11.8. The first-order chi connectivity index (χ1) is 16.6. The van der Waals surface area contributed by atoms with E-state index in [0.29, 0.717) is 48.4 Å². The number of thioether (sulfide) groups is 2. The van der Waals surface area contributed by atoms with E-state index in [1.165, 1.54) is 11.8 Å². The molecule has 0 spiro atoms. The summed E-state index contributed by atoms with van der Waals surface area (Å²) in [6.07, 6.45) is 0.710. The zero-order valence-electron chi connectivity index (χ0n) is 20.1. The molecular weight excluding hydrogens is 511 g/mol. The number of aromatic nitrogens is 2. The number of anilines is 1. The van der Waals surface area contributed by atoms with Crippen LogP contribution in [0.25, 0.3) is 0 Å². The highest BCUT2D eigenvalue weighted by Gasteiger charge is 2.75. The molecule has 2 heterocycles. The van der Waals surface area contributed by atoms with Crippen molar-refractivity contribution in [3.63, 3.8) is 0 Å². The van der Waals surface area contributed by atoms with Gasteiger partial charge in [-0.25, -0.2) is 9.97 Å². The molecule has 35 heavy (non-hydrogen) atoms. The van der Waals surface area contributed by atoms with Crippen molar-refractivity contribution in [1.29, 1.82) is 0 Å². The molecule has 4 unspecified atom stereocenters. The number of fused-ring (bicyclic) bond motifs is 2. The second kappa shape index (κ2) is 11.3. The van der Waals surface area contributed by atoms with E-state index in [2.05, 4.69) is 15.0 Å². The number of aryl methyl sites for hydroxylation is 1. The van der Waals surface area contributed by atoms with Crippen LogP contribution in [0.1, 0.15) is 37.7 Å². The Balaban J connectivity index is 1.25. The molecule has 0 radical (unpaired) electrons.